The Morgan fingerprint density at radius 3 is 2.81 bits per heavy atom. The van der Waals surface area contributed by atoms with E-state index < -0.39 is 0 Å². The molecule has 0 aliphatic heterocycles. The molecule has 3 rings (SSSR count). The molecule has 0 radical (unpaired) electrons. The van der Waals surface area contributed by atoms with Crippen LogP contribution in [0.25, 0.3) is 11.0 Å². The molecule has 0 saturated carbocycles. The summed E-state index contributed by atoms with van der Waals surface area (Å²) >= 11 is 0. The minimum absolute atomic E-state index is 0.550. The Balaban J connectivity index is 2.03. The molecule has 0 bridgehead atoms. The fraction of sp³-hybridized carbons (Fsp3) is 0.176. The first kappa shape index (κ1) is 13.2. The number of nitrogens with zero attached hydrogens (tertiary/aromatic N) is 3. The van der Waals surface area contributed by atoms with E-state index in [9.17, 15) is 0 Å². The summed E-state index contributed by atoms with van der Waals surface area (Å²) in [6.07, 6.45) is 0. The largest absolute Gasteiger partial charge is 0.495 e. The first-order chi connectivity index (χ1) is 10.2. The van der Waals surface area contributed by atoms with Crippen molar-refractivity contribution < 1.29 is 4.74 Å². The van der Waals surface area contributed by atoms with Gasteiger partial charge in [0.1, 0.15) is 17.6 Å². The van der Waals surface area contributed by atoms with Gasteiger partial charge in [0.15, 0.2) is 0 Å². The quantitative estimate of drug-likeness (QED) is 0.738. The average Bonchev–Trinajstić information content (AvgIpc) is 2.83. The van der Waals surface area contributed by atoms with Crippen LogP contribution in [0.15, 0.2) is 42.5 Å². The standard InChI is InChI=1S/C17H15N3O/c1-12-19-15-5-3-4-6-16(15)20(12)11-13-7-8-14(10-18)17(9-13)21-2/h3-9H,11H2,1-2H3. The predicted molar refractivity (Wildman–Crippen MR) is 81.3 cm³/mol. The molecule has 3 aromatic rings. The predicted octanol–water partition coefficient (Wildman–Crippen LogP) is 3.27. The van der Waals surface area contributed by atoms with Crippen molar-refractivity contribution in [2.45, 2.75) is 13.5 Å². The summed E-state index contributed by atoms with van der Waals surface area (Å²) < 4.78 is 7.43. The van der Waals surface area contributed by atoms with Crippen LogP contribution < -0.4 is 4.74 Å². The molecule has 0 saturated heterocycles. The van der Waals surface area contributed by atoms with Crippen molar-refractivity contribution in [3.63, 3.8) is 0 Å². The van der Waals surface area contributed by atoms with E-state index in [1.165, 1.54) is 0 Å². The van der Waals surface area contributed by atoms with Crippen LogP contribution in [0.5, 0.6) is 5.75 Å². The summed E-state index contributed by atoms with van der Waals surface area (Å²) in [7, 11) is 1.58. The SMILES string of the molecule is COc1cc(Cn2c(C)nc3ccccc32)ccc1C#N. The van der Waals surface area contributed by atoms with Crippen LogP contribution in [0, 0.1) is 18.3 Å². The molecule has 0 aliphatic rings. The summed E-state index contributed by atoms with van der Waals surface area (Å²) in [6, 6.07) is 15.9. The molecule has 1 aromatic heterocycles. The van der Waals surface area contributed by atoms with Crippen LogP contribution in [-0.2, 0) is 6.54 Å². The van der Waals surface area contributed by atoms with Crippen LogP contribution in [-0.4, -0.2) is 16.7 Å². The minimum atomic E-state index is 0.550. The van der Waals surface area contributed by atoms with E-state index in [4.69, 9.17) is 10.00 Å². The Kier molecular flexibility index (Phi) is 3.33. The molecule has 104 valence electrons. The van der Waals surface area contributed by atoms with Crippen molar-refractivity contribution in [2.75, 3.05) is 7.11 Å². The van der Waals surface area contributed by atoms with Gasteiger partial charge in [0.2, 0.25) is 0 Å². The van der Waals surface area contributed by atoms with E-state index in [0.29, 0.717) is 17.9 Å². The highest BCUT2D eigenvalue weighted by molar-refractivity contribution is 5.76. The average molecular weight is 277 g/mol. The Bertz CT molecular complexity index is 843. The van der Waals surface area contributed by atoms with E-state index >= 15 is 0 Å². The number of hydrogen-bond acceptors (Lipinski definition) is 3. The smallest absolute Gasteiger partial charge is 0.136 e. The van der Waals surface area contributed by atoms with Crippen molar-refractivity contribution in [3.8, 4) is 11.8 Å². The van der Waals surface area contributed by atoms with Crippen LogP contribution in [0.1, 0.15) is 17.0 Å². The number of ether oxygens (including phenoxy) is 1. The molecule has 0 unspecified atom stereocenters. The number of imidazole rings is 1. The number of fused-ring (bicyclic) bond motifs is 1. The van der Waals surface area contributed by atoms with Crippen molar-refractivity contribution >= 4 is 11.0 Å². The zero-order chi connectivity index (χ0) is 14.8. The van der Waals surface area contributed by atoms with Gasteiger partial charge >= 0.3 is 0 Å². The highest BCUT2D eigenvalue weighted by atomic mass is 16.5. The Labute approximate surface area is 123 Å². The second-order valence-electron chi connectivity index (χ2n) is 4.88. The third-order valence-electron chi connectivity index (χ3n) is 3.57. The molecular formula is C17H15N3O. The number of aromatic nitrogens is 2. The topological polar surface area (TPSA) is 50.8 Å². The van der Waals surface area contributed by atoms with Crippen LogP contribution >= 0.6 is 0 Å². The zero-order valence-corrected chi connectivity index (χ0v) is 12.0. The number of nitriles is 1. The Morgan fingerprint density at radius 2 is 2.05 bits per heavy atom. The van der Waals surface area contributed by atoms with Gasteiger partial charge in [-0.3, -0.25) is 0 Å². The van der Waals surface area contributed by atoms with Crippen molar-refractivity contribution in [2.24, 2.45) is 0 Å². The number of rotatable bonds is 3. The minimum Gasteiger partial charge on any atom is -0.495 e. The van der Waals surface area contributed by atoms with Gasteiger partial charge in [0.25, 0.3) is 0 Å². The van der Waals surface area contributed by atoms with Gasteiger partial charge in [-0.2, -0.15) is 5.26 Å². The van der Waals surface area contributed by atoms with Gasteiger partial charge in [0, 0.05) is 6.54 Å². The first-order valence-corrected chi connectivity index (χ1v) is 6.72. The number of benzene rings is 2. The molecule has 1 heterocycles. The maximum atomic E-state index is 9.04. The second kappa shape index (κ2) is 5.29. The van der Waals surface area contributed by atoms with E-state index in [0.717, 1.165) is 22.4 Å². The fourth-order valence-electron chi connectivity index (χ4n) is 2.50. The first-order valence-electron chi connectivity index (χ1n) is 6.72. The molecule has 21 heavy (non-hydrogen) atoms. The van der Waals surface area contributed by atoms with Crippen LogP contribution in [0.4, 0.5) is 0 Å². The zero-order valence-electron chi connectivity index (χ0n) is 12.0. The number of hydrogen-bond donors (Lipinski definition) is 0. The van der Waals surface area contributed by atoms with E-state index in [-0.39, 0.29) is 0 Å². The van der Waals surface area contributed by atoms with Gasteiger partial charge in [-0.1, -0.05) is 18.2 Å². The maximum Gasteiger partial charge on any atom is 0.136 e. The van der Waals surface area contributed by atoms with Crippen molar-refractivity contribution in [1.82, 2.24) is 9.55 Å². The molecule has 4 nitrogen and oxygen atoms in total. The second-order valence-corrected chi connectivity index (χ2v) is 4.88. The molecule has 2 aromatic carbocycles. The summed E-state index contributed by atoms with van der Waals surface area (Å²) in [4.78, 5) is 4.56. The fourth-order valence-corrected chi connectivity index (χ4v) is 2.50. The molecule has 4 heteroatoms. The lowest BCUT2D eigenvalue weighted by Gasteiger charge is -2.09. The van der Waals surface area contributed by atoms with Gasteiger partial charge in [-0.15, -0.1) is 0 Å². The van der Waals surface area contributed by atoms with Crippen molar-refractivity contribution in [1.29, 1.82) is 5.26 Å². The Hall–Kier alpha value is -2.80. The lowest BCUT2D eigenvalue weighted by Crippen LogP contribution is -2.02. The number of para-hydroxylation sites is 2. The lowest BCUT2D eigenvalue weighted by molar-refractivity contribution is 0.413. The summed E-state index contributed by atoms with van der Waals surface area (Å²) in [5.41, 5.74) is 3.74. The van der Waals surface area contributed by atoms with Gasteiger partial charge in [0.05, 0.1) is 23.7 Å². The highest BCUT2D eigenvalue weighted by Crippen LogP contribution is 2.22. The third-order valence-corrected chi connectivity index (χ3v) is 3.57. The monoisotopic (exact) mass is 277 g/mol. The van der Waals surface area contributed by atoms with Crippen LogP contribution in [0.2, 0.25) is 0 Å². The third kappa shape index (κ3) is 2.34. The Morgan fingerprint density at radius 1 is 1.24 bits per heavy atom. The lowest BCUT2D eigenvalue weighted by atomic mass is 10.1. The highest BCUT2D eigenvalue weighted by Gasteiger charge is 2.09. The van der Waals surface area contributed by atoms with Crippen LogP contribution in [0.3, 0.4) is 0 Å². The molecule has 0 fully saturated rings. The molecule has 0 spiro atoms. The summed E-state index contributed by atoms with van der Waals surface area (Å²) in [5, 5.41) is 9.04. The van der Waals surface area contributed by atoms with E-state index in [1.54, 1.807) is 13.2 Å². The van der Waals surface area contributed by atoms with E-state index in [1.807, 2.05) is 37.3 Å². The summed E-state index contributed by atoms with van der Waals surface area (Å²) in [6.45, 7) is 2.70. The van der Waals surface area contributed by atoms with Gasteiger partial charge in [-0.25, -0.2) is 4.98 Å². The number of aryl methyl sites for hydroxylation is 1. The molecule has 0 atom stereocenters. The van der Waals surface area contributed by atoms with E-state index in [2.05, 4.69) is 21.7 Å². The molecule has 0 amide bonds. The van der Waals surface area contributed by atoms with Gasteiger partial charge in [-0.05, 0) is 36.8 Å². The molecule has 0 N–H and O–H groups in total. The number of methoxy groups -OCH3 is 1. The summed E-state index contributed by atoms with van der Waals surface area (Å²) in [5.74, 6) is 1.58. The molecular weight excluding hydrogens is 262 g/mol. The van der Waals surface area contributed by atoms with Gasteiger partial charge < -0.3 is 9.30 Å². The molecule has 0 aliphatic carbocycles. The van der Waals surface area contributed by atoms with Crippen molar-refractivity contribution in [3.05, 3.63) is 59.4 Å². The maximum absolute atomic E-state index is 9.04. The normalized spacial score (nSPS) is 10.5.